The van der Waals surface area contributed by atoms with Crippen LogP contribution in [0, 0.1) is 6.92 Å². The normalized spacial score (nSPS) is 19.4. The molecule has 2 rings (SSSR count). The number of sulfonamides is 1. The first kappa shape index (κ1) is 17.2. The fourth-order valence-corrected chi connectivity index (χ4v) is 3.36. The maximum Gasteiger partial charge on any atom is 0.240 e. The minimum atomic E-state index is -3.54. The quantitative estimate of drug-likeness (QED) is 0.816. The van der Waals surface area contributed by atoms with Gasteiger partial charge in [-0.05, 0) is 44.5 Å². The van der Waals surface area contributed by atoms with Gasteiger partial charge in [0.1, 0.15) is 5.75 Å². The molecule has 1 heterocycles. The second-order valence-corrected chi connectivity index (χ2v) is 7.41. The first-order valence-electron chi connectivity index (χ1n) is 7.48. The topological polar surface area (TPSA) is 76.7 Å². The van der Waals surface area contributed by atoms with E-state index in [1.807, 2.05) is 20.8 Å². The first-order chi connectivity index (χ1) is 10.4. The fraction of sp³-hybridized carbons (Fsp3) is 0.600. The van der Waals surface area contributed by atoms with Gasteiger partial charge in [0, 0.05) is 19.6 Å². The second-order valence-electron chi connectivity index (χ2n) is 5.64. The Kier molecular flexibility index (Phi) is 5.80. The third kappa shape index (κ3) is 4.67. The summed E-state index contributed by atoms with van der Waals surface area (Å²) in [6, 6.07) is 4.88. The van der Waals surface area contributed by atoms with Crippen molar-refractivity contribution in [3.63, 3.8) is 0 Å². The average molecular weight is 328 g/mol. The van der Waals surface area contributed by atoms with E-state index in [0.29, 0.717) is 18.9 Å². The molecule has 0 spiro atoms. The zero-order chi connectivity index (χ0) is 16.2. The van der Waals surface area contributed by atoms with Gasteiger partial charge in [-0.15, -0.1) is 0 Å². The molecular weight excluding hydrogens is 304 g/mol. The summed E-state index contributed by atoms with van der Waals surface area (Å²) in [6.07, 6.45) is -0.0802. The van der Waals surface area contributed by atoms with E-state index in [9.17, 15) is 8.42 Å². The molecule has 7 heteroatoms. The summed E-state index contributed by atoms with van der Waals surface area (Å²) >= 11 is 0. The summed E-state index contributed by atoms with van der Waals surface area (Å²) in [5.41, 5.74) is 0.798. The van der Waals surface area contributed by atoms with E-state index >= 15 is 0 Å². The van der Waals surface area contributed by atoms with Gasteiger partial charge in [-0.25, -0.2) is 13.1 Å². The number of morpholine rings is 1. The summed E-state index contributed by atoms with van der Waals surface area (Å²) in [7, 11) is -3.54. The van der Waals surface area contributed by atoms with E-state index < -0.39 is 10.0 Å². The van der Waals surface area contributed by atoms with E-state index in [1.165, 1.54) is 0 Å². The van der Waals surface area contributed by atoms with Gasteiger partial charge >= 0.3 is 0 Å². The van der Waals surface area contributed by atoms with Crippen LogP contribution < -0.4 is 14.8 Å². The van der Waals surface area contributed by atoms with Gasteiger partial charge in [-0.1, -0.05) is 0 Å². The maximum absolute atomic E-state index is 12.3. The Balaban J connectivity index is 2.03. The molecule has 22 heavy (non-hydrogen) atoms. The van der Waals surface area contributed by atoms with Gasteiger partial charge in [0.25, 0.3) is 0 Å². The number of nitrogens with one attached hydrogen (secondary N) is 2. The maximum atomic E-state index is 12.3. The van der Waals surface area contributed by atoms with Crippen LogP contribution in [0.15, 0.2) is 23.1 Å². The van der Waals surface area contributed by atoms with Crippen molar-refractivity contribution in [1.82, 2.24) is 10.0 Å². The summed E-state index contributed by atoms with van der Waals surface area (Å²) in [5.74, 6) is 0.703. The Morgan fingerprint density at radius 2 is 2.23 bits per heavy atom. The fourth-order valence-electron chi connectivity index (χ4n) is 2.21. The number of benzene rings is 1. The number of aryl methyl sites for hydroxylation is 1. The van der Waals surface area contributed by atoms with Crippen molar-refractivity contribution in [3.8, 4) is 5.75 Å². The highest BCUT2D eigenvalue weighted by atomic mass is 32.2. The van der Waals surface area contributed by atoms with Crippen LogP contribution >= 0.6 is 0 Å². The number of ether oxygens (including phenoxy) is 2. The van der Waals surface area contributed by atoms with Crippen molar-refractivity contribution in [2.45, 2.75) is 37.9 Å². The molecule has 1 aromatic carbocycles. The molecule has 1 unspecified atom stereocenters. The Morgan fingerprint density at radius 1 is 1.45 bits per heavy atom. The highest BCUT2D eigenvalue weighted by Gasteiger charge is 2.19. The van der Waals surface area contributed by atoms with Crippen molar-refractivity contribution in [3.05, 3.63) is 23.8 Å². The average Bonchev–Trinajstić information content (AvgIpc) is 2.48. The summed E-state index contributed by atoms with van der Waals surface area (Å²) in [5, 5.41) is 3.17. The molecule has 0 saturated carbocycles. The molecule has 1 atom stereocenters. The molecule has 1 aliphatic rings. The highest BCUT2D eigenvalue weighted by molar-refractivity contribution is 7.89. The summed E-state index contributed by atoms with van der Waals surface area (Å²) in [4.78, 5) is 0.241. The van der Waals surface area contributed by atoms with Crippen LogP contribution in [0.1, 0.15) is 19.4 Å². The van der Waals surface area contributed by atoms with E-state index in [0.717, 1.165) is 12.1 Å². The molecule has 0 aromatic heterocycles. The van der Waals surface area contributed by atoms with Crippen molar-refractivity contribution in [2.24, 2.45) is 0 Å². The molecule has 0 aliphatic carbocycles. The van der Waals surface area contributed by atoms with Crippen molar-refractivity contribution < 1.29 is 17.9 Å². The number of hydrogen-bond acceptors (Lipinski definition) is 5. The SMILES string of the molecule is Cc1cc(S(=O)(=O)NCC2CNCCO2)ccc1OC(C)C. The van der Waals surface area contributed by atoms with E-state index in [1.54, 1.807) is 18.2 Å². The highest BCUT2D eigenvalue weighted by Crippen LogP contribution is 2.22. The number of hydrogen-bond donors (Lipinski definition) is 2. The van der Waals surface area contributed by atoms with Crippen LogP contribution in [-0.4, -0.2) is 46.9 Å². The predicted octanol–water partition coefficient (Wildman–Crippen LogP) is 1.05. The first-order valence-corrected chi connectivity index (χ1v) is 8.96. The van der Waals surface area contributed by atoms with Crippen molar-refractivity contribution >= 4 is 10.0 Å². The Bertz CT molecular complexity index is 596. The van der Waals surface area contributed by atoms with Crippen molar-refractivity contribution in [2.75, 3.05) is 26.2 Å². The van der Waals surface area contributed by atoms with Gasteiger partial charge in [0.15, 0.2) is 0 Å². The number of rotatable bonds is 6. The minimum absolute atomic E-state index is 0.0511. The lowest BCUT2D eigenvalue weighted by Gasteiger charge is -2.23. The van der Waals surface area contributed by atoms with Gasteiger partial charge in [0.05, 0.1) is 23.7 Å². The molecule has 1 aliphatic heterocycles. The molecule has 0 bridgehead atoms. The lowest BCUT2D eigenvalue weighted by atomic mass is 10.2. The van der Waals surface area contributed by atoms with Crippen molar-refractivity contribution in [1.29, 1.82) is 0 Å². The smallest absolute Gasteiger partial charge is 0.240 e. The lowest BCUT2D eigenvalue weighted by Crippen LogP contribution is -2.45. The van der Waals surface area contributed by atoms with Crippen LogP contribution in [0.25, 0.3) is 0 Å². The van der Waals surface area contributed by atoms with Crippen LogP contribution in [0.4, 0.5) is 0 Å². The molecule has 0 radical (unpaired) electrons. The molecule has 2 N–H and O–H groups in total. The standard InChI is InChI=1S/C15H24N2O4S/c1-11(2)21-15-5-4-14(8-12(15)3)22(18,19)17-10-13-9-16-6-7-20-13/h4-5,8,11,13,16-17H,6-7,9-10H2,1-3H3. The molecule has 1 fully saturated rings. The van der Waals surface area contributed by atoms with Gasteiger partial charge < -0.3 is 14.8 Å². The van der Waals surface area contributed by atoms with Crippen LogP contribution in [0.2, 0.25) is 0 Å². The molecule has 0 amide bonds. The monoisotopic (exact) mass is 328 g/mol. The minimum Gasteiger partial charge on any atom is -0.491 e. The zero-order valence-electron chi connectivity index (χ0n) is 13.3. The van der Waals surface area contributed by atoms with E-state index in [4.69, 9.17) is 9.47 Å². The predicted molar refractivity (Wildman–Crippen MR) is 84.7 cm³/mol. The van der Waals surface area contributed by atoms with Gasteiger partial charge in [-0.3, -0.25) is 0 Å². The largest absolute Gasteiger partial charge is 0.491 e. The van der Waals surface area contributed by atoms with Crippen LogP contribution in [-0.2, 0) is 14.8 Å². The summed E-state index contributed by atoms with van der Waals surface area (Å²) in [6.45, 7) is 8.03. The Hall–Kier alpha value is -1.15. The van der Waals surface area contributed by atoms with Crippen LogP contribution in [0.3, 0.4) is 0 Å². The Labute approximate surface area is 132 Å². The van der Waals surface area contributed by atoms with E-state index in [-0.39, 0.29) is 23.6 Å². The second kappa shape index (κ2) is 7.41. The van der Waals surface area contributed by atoms with Crippen LogP contribution in [0.5, 0.6) is 5.75 Å². The van der Waals surface area contributed by atoms with Gasteiger partial charge in [0.2, 0.25) is 10.0 Å². The summed E-state index contributed by atoms with van der Waals surface area (Å²) < 4.78 is 38.4. The lowest BCUT2D eigenvalue weighted by molar-refractivity contribution is 0.0324. The zero-order valence-corrected chi connectivity index (χ0v) is 14.1. The van der Waals surface area contributed by atoms with Gasteiger partial charge in [-0.2, -0.15) is 0 Å². The molecular formula is C15H24N2O4S. The van der Waals surface area contributed by atoms with E-state index in [2.05, 4.69) is 10.0 Å². The third-order valence-electron chi connectivity index (χ3n) is 3.32. The third-order valence-corrected chi connectivity index (χ3v) is 4.75. The molecule has 1 aromatic rings. The molecule has 124 valence electrons. The molecule has 1 saturated heterocycles. The molecule has 6 nitrogen and oxygen atoms in total. The Morgan fingerprint density at radius 3 is 2.82 bits per heavy atom.